The first-order chi connectivity index (χ1) is 11.2. The van der Waals surface area contributed by atoms with E-state index in [2.05, 4.69) is 26.3 Å². The van der Waals surface area contributed by atoms with E-state index in [-0.39, 0.29) is 5.91 Å². The molecule has 114 valence electrons. The number of hydrogen-bond acceptors (Lipinski definition) is 4. The van der Waals surface area contributed by atoms with Gasteiger partial charge in [-0.05, 0) is 40.2 Å². The van der Waals surface area contributed by atoms with Crippen molar-refractivity contribution in [2.75, 3.05) is 5.32 Å². The lowest BCUT2D eigenvalue weighted by molar-refractivity contribution is 0.102. The summed E-state index contributed by atoms with van der Waals surface area (Å²) in [6.07, 6.45) is 1.64. The van der Waals surface area contributed by atoms with Gasteiger partial charge in [-0.1, -0.05) is 6.07 Å². The van der Waals surface area contributed by atoms with Crippen LogP contribution in [0.2, 0.25) is 0 Å². The molecule has 2 heterocycles. The SMILES string of the molecule is N#Cc1cccc(C(=O)Nc2ccnn2Cc2cc(Br)cs2)c1. The van der Waals surface area contributed by atoms with E-state index in [1.807, 2.05) is 17.5 Å². The maximum Gasteiger partial charge on any atom is 0.256 e. The molecule has 0 saturated heterocycles. The standard InChI is InChI=1S/C16H11BrN4OS/c17-13-7-14(23-10-13)9-21-15(4-5-19-21)20-16(22)12-3-1-2-11(6-12)8-18/h1-7,10H,9H2,(H,20,22). The number of halogens is 1. The number of nitrogens with one attached hydrogen (secondary N) is 1. The Morgan fingerprint density at radius 2 is 2.26 bits per heavy atom. The fourth-order valence-corrected chi connectivity index (χ4v) is 3.50. The molecular weight excluding hydrogens is 376 g/mol. The lowest BCUT2D eigenvalue weighted by Gasteiger charge is -2.08. The summed E-state index contributed by atoms with van der Waals surface area (Å²) in [6, 6.07) is 12.4. The van der Waals surface area contributed by atoms with Crippen LogP contribution in [-0.2, 0) is 6.54 Å². The zero-order chi connectivity index (χ0) is 16.2. The number of nitrogens with zero attached hydrogens (tertiary/aromatic N) is 3. The Labute approximate surface area is 145 Å². The van der Waals surface area contributed by atoms with Gasteiger partial charge in [-0.25, -0.2) is 4.68 Å². The highest BCUT2D eigenvalue weighted by Gasteiger charge is 2.11. The second kappa shape index (κ2) is 6.77. The van der Waals surface area contributed by atoms with Crippen LogP contribution in [0.25, 0.3) is 0 Å². The summed E-state index contributed by atoms with van der Waals surface area (Å²) in [4.78, 5) is 13.4. The van der Waals surface area contributed by atoms with E-state index in [0.717, 1.165) is 9.35 Å². The van der Waals surface area contributed by atoms with Crippen LogP contribution in [0, 0.1) is 11.3 Å². The fraction of sp³-hybridized carbons (Fsp3) is 0.0625. The van der Waals surface area contributed by atoms with Crippen molar-refractivity contribution in [3.05, 3.63) is 68.5 Å². The van der Waals surface area contributed by atoms with Gasteiger partial charge >= 0.3 is 0 Å². The number of hydrogen-bond donors (Lipinski definition) is 1. The van der Waals surface area contributed by atoms with E-state index < -0.39 is 0 Å². The number of nitriles is 1. The zero-order valence-corrected chi connectivity index (χ0v) is 14.3. The summed E-state index contributed by atoms with van der Waals surface area (Å²) in [5, 5.41) is 18.0. The molecule has 1 N–H and O–H groups in total. The van der Waals surface area contributed by atoms with Crippen LogP contribution >= 0.6 is 27.3 Å². The molecule has 0 saturated carbocycles. The summed E-state index contributed by atoms with van der Waals surface area (Å²) >= 11 is 5.04. The van der Waals surface area contributed by atoms with Crippen molar-refractivity contribution in [1.29, 1.82) is 5.26 Å². The second-order valence-electron chi connectivity index (χ2n) is 4.75. The van der Waals surface area contributed by atoms with Crippen molar-refractivity contribution >= 4 is 39.0 Å². The van der Waals surface area contributed by atoms with Crippen LogP contribution in [0.4, 0.5) is 5.82 Å². The average molecular weight is 387 g/mol. The van der Waals surface area contributed by atoms with Gasteiger partial charge in [0, 0.05) is 26.4 Å². The predicted octanol–water partition coefficient (Wildman–Crippen LogP) is 3.88. The molecule has 0 aliphatic rings. The highest BCUT2D eigenvalue weighted by atomic mass is 79.9. The normalized spacial score (nSPS) is 10.3. The van der Waals surface area contributed by atoms with Gasteiger partial charge in [0.1, 0.15) is 5.82 Å². The molecule has 3 aromatic rings. The molecule has 0 atom stereocenters. The summed E-state index contributed by atoms with van der Waals surface area (Å²) < 4.78 is 2.76. The largest absolute Gasteiger partial charge is 0.307 e. The molecule has 1 aromatic carbocycles. The monoisotopic (exact) mass is 386 g/mol. The van der Waals surface area contributed by atoms with Gasteiger partial charge in [-0.15, -0.1) is 11.3 Å². The lowest BCUT2D eigenvalue weighted by Crippen LogP contribution is -2.16. The number of carbonyl (C=O) groups is 1. The van der Waals surface area contributed by atoms with E-state index in [0.29, 0.717) is 23.5 Å². The highest BCUT2D eigenvalue weighted by molar-refractivity contribution is 9.10. The molecule has 23 heavy (non-hydrogen) atoms. The number of rotatable bonds is 4. The third-order valence-electron chi connectivity index (χ3n) is 3.14. The van der Waals surface area contributed by atoms with Crippen LogP contribution < -0.4 is 5.32 Å². The fourth-order valence-electron chi connectivity index (χ4n) is 2.07. The first-order valence-electron chi connectivity index (χ1n) is 6.72. The van der Waals surface area contributed by atoms with Crippen LogP contribution in [0.15, 0.2) is 52.4 Å². The molecule has 3 rings (SSSR count). The van der Waals surface area contributed by atoms with E-state index in [4.69, 9.17) is 5.26 Å². The van der Waals surface area contributed by atoms with Crippen molar-refractivity contribution in [2.24, 2.45) is 0 Å². The molecule has 0 unspecified atom stereocenters. The molecule has 0 aliphatic carbocycles. The predicted molar refractivity (Wildman–Crippen MR) is 92.5 cm³/mol. The molecule has 7 heteroatoms. The van der Waals surface area contributed by atoms with Crippen LogP contribution in [-0.4, -0.2) is 15.7 Å². The quantitative estimate of drug-likeness (QED) is 0.739. The number of benzene rings is 1. The number of thiophene rings is 1. The Hall–Kier alpha value is -2.43. The van der Waals surface area contributed by atoms with Crippen molar-refractivity contribution in [1.82, 2.24) is 9.78 Å². The van der Waals surface area contributed by atoms with E-state index >= 15 is 0 Å². The Morgan fingerprint density at radius 3 is 3.00 bits per heavy atom. The second-order valence-corrected chi connectivity index (χ2v) is 6.66. The Balaban J connectivity index is 1.77. The topological polar surface area (TPSA) is 70.7 Å². The number of carbonyl (C=O) groups excluding carboxylic acids is 1. The summed E-state index contributed by atoms with van der Waals surface area (Å²) in [6.45, 7) is 0.580. The van der Waals surface area contributed by atoms with Gasteiger partial charge in [-0.2, -0.15) is 10.4 Å². The lowest BCUT2D eigenvalue weighted by atomic mass is 10.1. The van der Waals surface area contributed by atoms with E-state index in [9.17, 15) is 4.79 Å². The van der Waals surface area contributed by atoms with E-state index in [1.54, 1.807) is 52.5 Å². The highest BCUT2D eigenvalue weighted by Crippen LogP contribution is 2.21. The van der Waals surface area contributed by atoms with Crippen molar-refractivity contribution in [3.8, 4) is 6.07 Å². The zero-order valence-electron chi connectivity index (χ0n) is 11.9. The van der Waals surface area contributed by atoms with Gasteiger partial charge in [-0.3, -0.25) is 4.79 Å². The molecule has 0 bridgehead atoms. The summed E-state index contributed by atoms with van der Waals surface area (Å²) in [7, 11) is 0. The van der Waals surface area contributed by atoms with E-state index in [1.165, 1.54) is 0 Å². The van der Waals surface area contributed by atoms with Gasteiger partial charge in [0.05, 0.1) is 24.4 Å². The third-order valence-corrected chi connectivity index (χ3v) is 4.82. The molecule has 1 amide bonds. The minimum atomic E-state index is -0.267. The minimum absolute atomic E-state index is 0.267. The van der Waals surface area contributed by atoms with Crippen LogP contribution in [0.3, 0.4) is 0 Å². The molecule has 0 aliphatic heterocycles. The maximum absolute atomic E-state index is 12.3. The summed E-state index contributed by atoms with van der Waals surface area (Å²) in [5.41, 5.74) is 0.894. The van der Waals surface area contributed by atoms with Crippen molar-refractivity contribution in [2.45, 2.75) is 6.54 Å². The summed E-state index contributed by atoms with van der Waals surface area (Å²) in [5.74, 6) is 0.345. The third kappa shape index (κ3) is 3.67. The smallest absolute Gasteiger partial charge is 0.256 e. The molecule has 0 radical (unpaired) electrons. The van der Waals surface area contributed by atoms with Crippen molar-refractivity contribution in [3.63, 3.8) is 0 Å². The van der Waals surface area contributed by atoms with Gasteiger partial charge in [0.15, 0.2) is 0 Å². The number of aromatic nitrogens is 2. The Kier molecular flexibility index (Phi) is 4.55. The molecule has 0 fully saturated rings. The molecular formula is C16H11BrN4OS. The van der Waals surface area contributed by atoms with Gasteiger partial charge < -0.3 is 5.32 Å². The minimum Gasteiger partial charge on any atom is -0.307 e. The van der Waals surface area contributed by atoms with Gasteiger partial charge in [0.2, 0.25) is 0 Å². The molecule has 0 spiro atoms. The number of anilines is 1. The first-order valence-corrected chi connectivity index (χ1v) is 8.39. The maximum atomic E-state index is 12.3. The van der Waals surface area contributed by atoms with Crippen molar-refractivity contribution < 1.29 is 4.79 Å². The average Bonchev–Trinajstić information content (AvgIpc) is 3.17. The molecule has 2 aromatic heterocycles. The Bertz CT molecular complexity index is 893. The number of amides is 1. The van der Waals surface area contributed by atoms with Gasteiger partial charge in [0.25, 0.3) is 5.91 Å². The van der Waals surface area contributed by atoms with Crippen LogP contribution in [0.1, 0.15) is 20.8 Å². The first kappa shape index (κ1) is 15.5. The van der Waals surface area contributed by atoms with Crippen LogP contribution in [0.5, 0.6) is 0 Å². The molecule has 5 nitrogen and oxygen atoms in total. The Morgan fingerprint density at radius 1 is 1.39 bits per heavy atom.